The summed E-state index contributed by atoms with van der Waals surface area (Å²) >= 11 is 0. The lowest BCUT2D eigenvalue weighted by molar-refractivity contribution is -0.146. The molecule has 0 saturated carbocycles. The lowest BCUT2D eigenvalue weighted by Gasteiger charge is -2.12. The number of hydrogen-bond acceptors (Lipinski definition) is 4. The molecule has 4 nitrogen and oxygen atoms in total. The second-order valence-electron chi connectivity index (χ2n) is 4.16. The Kier molecular flexibility index (Phi) is 4.15. The largest absolute Gasteiger partial charge is 0.508 e. The van der Waals surface area contributed by atoms with Gasteiger partial charge in [-0.05, 0) is 23.3 Å². The smallest absolute Gasteiger partial charge is 0.327 e. The van der Waals surface area contributed by atoms with Crippen LogP contribution in [-0.2, 0) is 16.1 Å². The third kappa shape index (κ3) is 3.56. The average Bonchev–Trinajstić information content (AvgIpc) is 2.46. The minimum absolute atomic E-state index is 0.133. The number of benzene rings is 2. The zero-order valence-corrected chi connectivity index (χ0v) is 10.3. The summed E-state index contributed by atoms with van der Waals surface area (Å²) < 4.78 is 5.15. The van der Waals surface area contributed by atoms with Gasteiger partial charge in [0, 0.05) is 0 Å². The van der Waals surface area contributed by atoms with Gasteiger partial charge in [0.2, 0.25) is 0 Å². The zero-order chi connectivity index (χ0) is 13.7. The summed E-state index contributed by atoms with van der Waals surface area (Å²) in [4.78, 5) is 11.8. The molecule has 0 heterocycles. The van der Waals surface area contributed by atoms with E-state index in [0.717, 1.165) is 5.56 Å². The lowest BCUT2D eigenvalue weighted by Crippen LogP contribution is -2.23. The van der Waals surface area contributed by atoms with Gasteiger partial charge in [-0.1, -0.05) is 42.5 Å². The van der Waals surface area contributed by atoms with Crippen molar-refractivity contribution in [3.05, 3.63) is 65.7 Å². The van der Waals surface area contributed by atoms with Crippen LogP contribution in [0.25, 0.3) is 0 Å². The van der Waals surface area contributed by atoms with Crippen molar-refractivity contribution < 1.29 is 14.6 Å². The Hall–Kier alpha value is -2.33. The first kappa shape index (κ1) is 13.1. The predicted molar refractivity (Wildman–Crippen MR) is 71.3 cm³/mol. The van der Waals surface area contributed by atoms with E-state index in [-0.39, 0.29) is 12.4 Å². The SMILES string of the molecule is N[C@@H](C(=O)OCc1ccccc1)c1ccc(O)cc1. The number of phenols is 1. The van der Waals surface area contributed by atoms with Crippen LogP contribution in [0.15, 0.2) is 54.6 Å². The Bertz CT molecular complexity index is 537. The molecule has 0 aliphatic carbocycles. The molecular formula is C15H15NO3. The highest BCUT2D eigenvalue weighted by Crippen LogP contribution is 2.16. The average molecular weight is 257 g/mol. The molecule has 0 amide bonds. The first-order chi connectivity index (χ1) is 9.16. The molecule has 0 spiro atoms. The van der Waals surface area contributed by atoms with Gasteiger partial charge in [0.25, 0.3) is 0 Å². The van der Waals surface area contributed by atoms with Gasteiger partial charge in [0.15, 0.2) is 0 Å². The molecule has 19 heavy (non-hydrogen) atoms. The molecule has 4 heteroatoms. The monoisotopic (exact) mass is 257 g/mol. The maximum absolute atomic E-state index is 11.8. The summed E-state index contributed by atoms with van der Waals surface area (Å²) in [5.74, 6) is -0.358. The van der Waals surface area contributed by atoms with E-state index < -0.39 is 12.0 Å². The van der Waals surface area contributed by atoms with E-state index in [1.165, 1.54) is 12.1 Å². The van der Waals surface area contributed by atoms with Crippen LogP contribution in [0.5, 0.6) is 5.75 Å². The van der Waals surface area contributed by atoms with Gasteiger partial charge in [-0.25, -0.2) is 4.79 Å². The first-order valence-corrected chi connectivity index (χ1v) is 5.92. The van der Waals surface area contributed by atoms with Gasteiger partial charge in [-0.15, -0.1) is 0 Å². The predicted octanol–water partition coefficient (Wildman–Crippen LogP) is 2.14. The van der Waals surface area contributed by atoms with E-state index in [2.05, 4.69) is 0 Å². The van der Waals surface area contributed by atoms with Crippen LogP contribution in [0.2, 0.25) is 0 Å². The van der Waals surface area contributed by atoms with Crippen LogP contribution in [0, 0.1) is 0 Å². The Morgan fingerprint density at radius 3 is 2.37 bits per heavy atom. The van der Waals surface area contributed by atoms with Crippen LogP contribution in [-0.4, -0.2) is 11.1 Å². The number of carbonyl (C=O) groups is 1. The zero-order valence-electron chi connectivity index (χ0n) is 10.3. The summed E-state index contributed by atoms with van der Waals surface area (Å²) in [6, 6.07) is 14.7. The van der Waals surface area contributed by atoms with Crippen molar-refractivity contribution in [3.8, 4) is 5.75 Å². The molecule has 2 rings (SSSR count). The minimum atomic E-state index is -0.843. The van der Waals surface area contributed by atoms with Crippen LogP contribution in [0.3, 0.4) is 0 Å². The fourth-order valence-corrected chi connectivity index (χ4v) is 1.64. The number of hydrogen-bond donors (Lipinski definition) is 2. The van der Waals surface area contributed by atoms with Gasteiger partial charge in [0.05, 0.1) is 0 Å². The second kappa shape index (κ2) is 6.02. The van der Waals surface area contributed by atoms with Crippen molar-refractivity contribution in [3.63, 3.8) is 0 Å². The fraction of sp³-hybridized carbons (Fsp3) is 0.133. The third-order valence-corrected chi connectivity index (χ3v) is 2.73. The lowest BCUT2D eigenvalue weighted by atomic mass is 10.1. The first-order valence-electron chi connectivity index (χ1n) is 5.92. The molecule has 98 valence electrons. The third-order valence-electron chi connectivity index (χ3n) is 2.73. The van der Waals surface area contributed by atoms with Gasteiger partial charge >= 0.3 is 5.97 Å². The quantitative estimate of drug-likeness (QED) is 0.823. The van der Waals surface area contributed by atoms with Crippen molar-refractivity contribution >= 4 is 5.97 Å². The molecule has 0 radical (unpaired) electrons. The molecule has 2 aromatic carbocycles. The van der Waals surface area contributed by atoms with E-state index in [4.69, 9.17) is 10.5 Å². The Balaban J connectivity index is 1.94. The Morgan fingerprint density at radius 2 is 1.74 bits per heavy atom. The van der Waals surface area contributed by atoms with Crippen molar-refractivity contribution in [2.24, 2.45) is 5.73 Å². The molecule has 0 aliphatic heterocycles. The fourth-order valence-electron chi connectivity index (χ4n) is 1.64. The topological polar surface area (TPSA) is 72.6 Å². The van der Waals surface area contributed by atoms with Crippen molar-refractivity contribution in [1.29, 1.82) is 0 Å². The molecule has 0 fully saturated rings. The van der Waals surface area contributed by atoms with Gasteiger partial charge < -0.3 is 15.6 Å². The minimum Gasteiger partial charge on any atom is -0.508 e. The number of nitrogens with two attached hydrogens (primary N) is 1. The highest BCUT2D eigenvalue weighted by Gasteiger charge is 2.17. The molecule has 1 atom stereocenters. The van der Waals surface area contributed by atoms with Crippen LogP contribution < -0.4 is 5.73 Å². The van der Waals surface area contributed by atoms with Gasteiger partial charge in [-0.2, -0.15) is 0 Å². The number of carbonyl (C=O) groups excluding carboxylic acids is 1. The highest BCUT2D eigenvalue weighted by atomic mass is 16.5. The summed E-state index contributed by atoms with van der Waals surface area (Å²) in [7, 11) is 0. The summed E-state index contributed by atoms with van der Waals surface area (Å²) in [5, 5.41) is 9.17. The Morgan fingerprint density at radius 1 is 1.11 bits per heavy atom. The molecule has 0 unspecified atom stereocenters. The maximum atomic E-state index is 11.8. The molecule has 0 aliphatic rings. The molecule has 2 aromatic rings. The number of aromatic hydroxyl groups is 1. The standard InChI is InChI=1S/C15H15NO3/c16-14(12-6-8-13(17)9-7-12)15(18)19-10-11-4-2-1-3-5-11/h1-9,14,17H,10,16H2/t14-/m1/s1. The summed E-state index contributed by atoms with van der Waals surface area (Å²) in [6.45, 7) is 0.200. The van der Waals surface area contributed by atoms with Gasteiger partial charge in [0.1, 0.15) is 18.4 Å². The van der Waals surface area contributed by atoms with Crippen LogP contribution >= 0.6 is 0 Å². The maximum Gasteiger partial charge on any atom is 0.327 e. The van der Waals surface area contributed by atoms with Crippen molar-refractivity contribution in [2.75, 3.05) is 0 Å². The van der Waals surface area contributed by atoms with Crippen LogP contribution in [0.1, 0.15) is 17.2 Å². The summed E-state index contributed by atoms with van der Waals surface area (Å²) in [6.07, 6.45) is 0. The molecule has 0 aromatic heterocycles. The van der Waals surface area contributed by atoms with E-state index in [1.807, 2.05) is 30.3 Å². The number of phenolic OH excluding ortho intramolecular Hbond substituents is 1. The molecular weight excluding hydrogens is 242 g/mol. The molecule has 0 saturated heterocycles. The van der Waals surface area contributed by atoms with E-state index in [0.29, 0.717) is 5.56 Å². The number of ether oxygens (including phenoxy) is 1. The van der Waals surface area contributed by atoms with Gasteiger partial charge in [-0.3, -0.25) is 0 Å². The highest BCUT2D eigenvalue weighted by molar-refractivity contribution is 5.77. The van der Waals surface area contributed by atoms with E-state index in [9.17, 15) is 9.90 Å². The van der Waals surface area contributed by atoms with Crippen molar-refractivity contribution in [1.82, 2.24) is 0 Å². The molecule has 3 N–H and O–H groups in total. The van der Waals surface area contributed by atoms with E-state index >= 15 is 0 Å². The number of esters is 1. The summed E-state index contributed by atoms with van der Waals surface area (Å²) in [5.41, 5.74) is 7.31. The normalized spacial score (nSPS) is 11.8. The van der Waals surface area contributed by atoms with E-state index in [1.54, 1.807) is 12.1 Å². The Labute approximate surface area is 111 Å². The second-order valence-corrected chi connectivity index (χ2v) is 4.16. The van der Waals surface area contributed by atoms with Crippen molar-refractivity contribution in [2.45, 2.75) is 12.6 Å². The van der Waals surface area contributed by atoms with Crippen LogP contribution in [0.4, 0.5) is 0 Å². The molecule has 0 bridgehead atoms. The number of rotatable bonds is 4.